The van der Waals surface area contributed by atoms with E-state index in [1.807, 2.05) is 30.3 Å². The molecule has 3 N–H and O–H groups in total. The fourth-order valence-corrected chi connectivity index (χ4v) is 2.78. The van der Waals surface area contributed by atoms with Crippen LogP contribution >= 0.6 is 0 Å². The number of rotatable bonds is 9. The Balaban J connectivity index is 1.67. The lowest BCUT2D eigenvalue weighted by molar-refractivity contribution is -0.114. The van der Waals surface area contributed by atoms with Gasteiger partial charge in [-0.2, -0.15) is 4.98 Å². The van der Waals surface area contributed by atoms with Crippen molar-refractivity contribution in [2.45, 2.75) is 32.1 Å². The Kier molecular flexibility index (Phi) is 6.24. The van der Waals surface area contributed by atoms with Gasteiger partial charge >= 0.3 is 0 Å². The molecule has 1 fully saturated rings. The summed E-state index contributed by atoms with van der Waals surface area (Å²) in [6, 6.07) is 9.62. The fraction of sp³-hybridized carbons (Fsp3) is 0.450. The van der Waals surface area contributed by atoms with E-state index in [2.05, 4.69) is 44.9 Å². The maximum absolute atomic E-state index is 11.1. The SMILES string of the molecule is CC(=O)Nc1ccc(Nc2cc(C3CC3)nc(NCCCN(C)C)n2)cc1. The van der Waals surface area contributed by atoms with Crippen LogP contribution in [0.5, 0.6) is 0 Å². The van der Waals surface area contributed by atoms with Crippen molar-refractivity contribution in [2.75, 3.05) is 43.1 Å². The molecule has 1 aromatic carbocycles. The van der Waals surface area contributed by atoms with Crippen LogP contribution in [0.1, 0.15) is 37.8 Å². The maximum atomic E-state index is 11.1. The molecule has 2 aromatic rings. The number of hydrogen-bond donors (Lipinski definition) is 3. The zero-order valence-corrected chi connectivity index (χ0v) is 16.2. The Bertz CT molecular complexity index is 771. The number of benzene rings is 1. The highest BCUT2D eigenvalue weighted by Crippen LogP contribution is 2.40. The lowest BCUT2D eigenvalue weighted by Gasteiger charge is -2.13. The third-order valence-corrected chi connectivity index (χ3v) is 4.28. The van der Waals surface area contributed by atoms with Crippen LogP contribution in [-0.4, -0.2) is 48.0 Å². The average molecular weight is 368 g/mol. The van der Waals surface area contributed by atoms with Crippen molar-refractivity contribution in [1.29, 1.82) is 0 Å². The highest BCUT2D eigenvalue weighted by molar-refractivity contribution is 5.88. The second kappa shape index (κ2) is 8.81. The van der Waals surface area contributed by atoms with Crippen molar-refractivity contribution in [3.05, 3.63) is 36.0 Å². The summed E-state index contributed by atoms with van der Waals surface area (Å²) >= 11 is 0. The van der Waals surface area contributed by atoms with Crippen molar-refractivity contribution >= 4 is 29.0 Å². The molecule has 3 rings (SSSR count). The van der Waals surface area contributed by atoms with Crippen LogP contribution in [0.25, 0.3) is 0 Å². The number of nitrogens with one attached hydrogen (secondary N) is 3. The first-order valence-corrected chi connectivity index (χ1v) is 9.42. The van der Waals surface area contributed by atoms with E-state index in [-0.39, 0.29) is 5.91 Å². The second-order valence-corrected chi connectivity index (χ2v) is 7.24. The number of nitrogens with zero attached hydrogens (tertiary/aromatic N) is 3. The molecule has 1 aliphatic carbocycles. The summed E-state index contributed by atoms with van der Waals surface area (Å²) in [5.41, 5.74) is 2.79. The monoisotopic (exact) mass is 368 g/mol. The first kappa shape index (κ1) is 19.1. The van der Waals surface area contributed by atoms with Gasteiger partial charge in [-0.15, -0.1) is 0 Å². The molecule has 0 saturated heterocycles. The van der Waals surface area contributed by atoms with Gasteiger partial charge in [-0.05, 0) is 64.2 Å². The number of hydrogen-bond acceptors (Lipinski definition) is 6. The largest absolute Gasteiger partial charge is 0.354 e. The third-order valence-electron chi connectivity index (χ3n) is 4.28. The van der Waals surface area contributed by atoms with Crippen LogP contribution in [0.2, 0.25) is 0 Å². The highest BCUT2D eigenvalue weighted by atomic mass is 16.1. The number of amides is 1. The summed E-state index contributed by atoms with van der Waals surface area (Å²) in [6.07, 6.45) is 3.43. The molecule has 0 unspecified atom stereocenters. The van der Waals surface area contributed by atoms with Crippen LogP contribution in [0.15, 0.2) is 30.3 Å². The average Bonchev–Trinajstić information content (AvgIpc) is 3.45. The molecule has 0 aliphatic heterocycles. The standard InChI is InChI=1S/C20H28N6O/c1-14(27)22-16-7-9-17(10-8-16)23-19-13-18(15-5-6-15)24-20(25-19)21-11-4-12-26(2)3/h7-10,13,15H,4-6,11-12H2,1-3H3,(H,22,27)(H2,21,23,24,25). The van der Waals surface area contributed by atoms with Gasteiger partial charge in [-0.25, -0.2) is 4.98 Å². The lowest BCUT2D eigenvalue weighted by atomic mass is 10.2. The minimum atomic E-state index is -0.0782. The molecule has 144 valence electrons. The second-order valence-electron chi connectivity index (χ2n) is 7.24. The van der Waals surface area contributed by atoms with Crippen molar-refractivity contribution in [1.82, 2.24) is 14.9 Å². The first-order chi connectivity index (χ1) is 13.0. The first-order valence-electron chi connectivity index (χ1n) is 9.42. The van der Waals surface area contributed by atoms with Gasteiger partial charge in [-0.3, -0.25) is 4.79 Å². The topological polar surface area (TPSA) is 82.2 Å². The predicted molar refractivity (Wildman–Crippen MR) is 110 cm³/mol. The van der Waals surface area contributed by atoms with Gasteiger partial charge in [0.2, 0.25) is 11.9 Å². The summed E-state index contributed by atoms with van der Waals surface area (Å²) in [7, 11) is 4.15. The summed E-state index contributed by atoms with van der Waals surface area (Å²) in [5, 5.41) is 9.46. The van der Waals surface area contributed by atoms with Crippen molar-refractivity contribution in [3.8, 4) is 0 Å². The Labute approximate surface area is 160 Å². The van der Waals surface area contributed by atoms with E-state index in [1.165, 1.54) is 19.8 Å². The lowest BCUT2D eigenvalue weighted by Crippen LogP contribution is -2.17. The number of anilines is 4. The third kappa shape index (κ3) is 6.21. The van der Waals surface area contributed by atoms with Crippen LogP contribution in [0.4, 0.5) is 23.1 Å². The Morgan fingerprint density at radius 3 is 2.48 bits per heavy atom. The molecule has 0 atom stereocenters. The molecular formula is C20H28N6O. The normalized spacial score (nSPS) is 13.5. The van der Waals surface area contributed by atoms with E-state index in [4.69, 9.17) is 0 Å². The van der Waals surface area contributed by atoms with Gasteiger partial charge in [-0.1, -0.05) is 0 Å². The molecule has 7 nitrogen and oxygen atoms in total. The summed E-state index contributed by atoms with van der Waals surface area (Å²) in [4.78, 5) is 22.6. The van der Waals surface area contributed by atoms with Crippen molar-refractivity contribution < 1.29 is 4.79 Å². The quantitative estimate of drug-likeness (QED) is 0.589. The van der Waals surface area contributed by atoms with Crippen molar-refractivity contribution in [2.24, 2.45) is 0 Å². The maximum Gasteiger partial charge on any atom is 0.224 e. The molecular weight excluding hydrogens is 340 g/mol. The van der Waals surface area contributed by atoms with E-state index in [9.17, 15) is 4.79 Å². The van der Waals surface area contributed by atoms with Crippen molar-refractivity contribution in [3.63, 3.8) is 0 Å². The molecule has 1 aromatic heterocycles. The molecule has 1 aliphatic rings. The van der Waals surface area contributed by atoms with E-state index >= 15 is 0 Å². The van der Waals surface area contributed by atoms with Crippen LogP contribution in [0, 0.1) is 0 Å². The van der Waals surface area contributed by atoms with E-state index in [0.29, 0.717) is 11.9 Å². The Hall–Kier alpha value is -2.67. The van der Waals surface area contributed by atoms with Gasteiger partial charge in [0.15, 0.2) is 0 Å². The minimum Gasteiger partial charge on any atom is -0.354 e. The van der Waals surface area contributed by atoms with Crippen LogP contribution in [-0.2, 0) is 4.79 Å². The molecule has 0 radical (unpaired) electrons. The molecule has 1 saturated carbocycles. The van der Waals surface area contributed by atoms with E-state index < -0.39 is 0 Å². The van der Waals surface area contributed by atoms with Gasteiger partial charge in [0.05, 0.1) is 5.69 Å². The van der Waals surface area contributed by atoms with Crippen LogP contribution < -0.4 is 16.0 Å². The molecule has 0 spiro atoms. The van der Waals surface area contributed by atoms with Crippen LogP contribution in [0.3, 0.4) is 0 Å². The van der Waals surface area contributed by atoms with Gasteiger partial charge in [0.25, 0.3) is 0 Å². The fourth-order valence-electron chi connectivity index (χ4n) is 2.78. The highest BCUT2D eigenvalue weighted by Gasteiger charge is 2.26. The van der Waals surface area contributed by atoms with E-state index in [0.717, 1.165) is 42.4 Å². The summed E-state index contributed by atoms with van der Waals surface area (Å²) < 4.78 is 0. The van der Waals surface area contributed by atoms with Gasteiger partial charge in [0.1, 0.15) is 5.82 Å². The summed E-state index contributed by atoms with van der Waals surface area (Å²) in [5.74, 6) is 1.94. The molecule has 7 heteroatoms. The number of aromatic nitrogens is 2. The summed E-state index contributed by atoms with van der Waals surface area (Å²) in [6.45, 7) is 3.37. The number of carbonyl (C=O) groups is 1. The Morgan fingerprint density at radius 2 is 1.85 bits per heavy atom. The number of carbonyl (C=O) groups excluding carboxylic acids is 1. The smallest absolute Gasteiger partial charge is 0.224 e. The van der Waals surface area contributed by atoms with E-state index in [1.54, 1.807) is 0 Å². The molecule has 1 amide bonds. The Morgan fingerprint density at radius 1 is 1.15 bits per heavy atom. The molecule has 0 bridgehead atoms. The molecule has 27 heavy (non-hydrogen) atoms. The van der Waals surface area contributed by atoms with Gasteiger partial charge < -0.3 is 20.9 Å². The molecule has 1 heterocycles. The zero-order chi connectivity index (χ0) is 19.2. The zero-order valence-electron chi connectivity index (χ0n) is 16.2. The predicted octanol–water partition coefficient (Wildman–Crippen LogP) is 3.42. The minimum absolute atomic E-state index is 0.0782. The van der Waals surface area contributed by atoms with Gasteiger partial charge in [0, 0.05) is 36.8 Å².